The van der Waals surface area contributed by atoms with Crippen LogP contribution in [0.25, 0.3) is 0 Å². The van der Waals surface area contributed by atoms with Gasteiger partial charge in [0.05, 0.1) is 5.56 Å². The average molecular weight is 301 g/mol. The molecule has 116 valence electrons. The predicted molar refractivity (Wildman–Crippen MR) is 71.7 cm³/mol. The van der Waals surface area contributed by atoms with Crippen molar-refractivity contribution >= 4 is 5.91 Å². The van der Waals surface area contributed by atoms with E-state index in [1.807, 2.05) is 0 Å². The highest BCUT2D eigenvalue weighted by Crippen LogP contribution is 2.32. The van der Waals surface area contributed by atoms with E-state index in [0.29, 0.717) is 13.0 Å². The van der Waals surface area contributed by atoms with Gasteiger partial charge in [-0.25, -0.2) is 0 Å². The fraction of sp³-hybridized carbons (Fsp3) is 0.533. The maximum absolute atomic E-state index is 12.9. The van der Waals surface area contributed by atoms with E-state index in [9.17, 15) is 18.0 Å². The molecule has 1 aliphatic rings. The highest BCUT2D eigenvalue weighted by atomic mass is 19.4. The van der Waals surface area contributed by atoms with Gasteiger partial charge in [0.25, 0.3) is 0 Å². The van der Waals surface area contributed by atoms with Gasteiger partial charge in [-0.1, -0.05) is 18.2 Å². The van der Waals surface area contributed by atoms with Crippen molar-refractivity contribution in [2.24, 2.45) is 0 Å². The smallest absolute Gasteiger partial charge is 0.368 e. The fourth-order valence-corrected chi connectivity index (χ4v) is 2.48. The minimum atomic E-state index is -4.38. The Kier molecular flexibility index (Phi) is 4.88. The molecule has 0 aliphatic carbocycles. The molecule has 21 heavy (non-hydrogen) atoms. The van der Waals surface area contributed by atoms with E-state index >= 15 is 0 Å². The zero-order valence-electron chi connectivity index (χ0n) is 11.7. The number of carbonyl (C=O) groups is 1. The van der Waals surface area contributed by atoms with Crippen molar-refractivity contribution in [3.8, 4) is 0 Å². The Morgan fingerprint density at radius 1 is 1.43 bits per heavy atom. The van der Waals surface area contributed by atoms with Crippen molar-refractivity contribution in [3.63, 3.8) is 0 Å². The van der Waals surface area contributed by atoms with Gasteiger partial charge in [-0.2, -0.15) is 13.2 Å². The summed E-state index contributed by atoms with van der Waals surface area (Å²) in [5.74, 6) is -0.246. The first-order valence-electron chi connectivity index (χ1n) is 6.95. The minimum Gasteiger partial charge on any atom is -0.368 e. The zero-order chi connectivity index (χ0) is 15.5. The largest absolute Gasteiger partial charge is 0.416 e. The lowest BCUT2D eigenvalue weighted by molar-refractivity contribution is -0.138. The van der Waals surface area contributed by atoms with Crippen LogP contribution >= 0.6 is 0 Å². The van der Waals surface area contributed by atoms with Crippen molar-refractivity contribution in [1.29, 1.82) is 0 Å². The van der Waals surface area contributed by atoms with Gasteiger partial charge in [0, 0.05) is 12.6 Å². The summed E-state index contributed by atoms with van der Waals surface area (Å²) in [6.07, 6.45) is -3.21. The minimum absolute atomic E-state index is 0.133. The summed E-state index contributed by atoms with van der Waals surface area (Å²) in [5, 5.41) is 2.72. The molecule has 0 spiro atoms. The molecule has 0 aromatic heterocycles. The molecule has 1 saturated heterocycles. The van der Waals surface area contributed by atoms with Crippen LogP contribution in [-0.4, -0.2) is 24.7 Å². The van der Waals surface area contributed by atoms with E-state index in [2.05, 4.69) is 5.32 Å². The van der Waals surface area contributed by atoms with Crippen LogP contribution in [0.15, 0.2) is 24.3 Å². The number of hydrogen-bond acceptors (Lipinski definition) is 2. The second-order valence-corrected chi connectivity index (χ2v) is 5.27. The molecule has 1 fully saturated rings. The van der Waals surface area contributed by atoms with Crippen LogP contribution in [0.3, 0.4) is 0 Å². The van der Waals surface area contributed by atoms with Crippen molar-refractivity contribution in [3.05, 3.63) is 35.4 Å². The van der Waals surface area contributed by atoms with Crippen LogP contribution in [0.1, 0.15) is 30.9 Å². The molecular weight excluding hydrogens is 283 g/mol. The first-order valence-corrected chi connectivity index (χ1v) is 6.95. The molecule has 6 heteroatoms. The fourth-order valence-electron chi connectivity index (χ4n) is 2.48. The van der Waals surface area contributed by atoms with Crippen LogP contribution in [0.5, 0.6) is 0 Å². The summed E-state index contributed by atoms with van der Waals surface area (Å²) in [5.41, 5.74) is -0.464. The zero-order valence-corrected chi connectivity index (χ0v) is 11.7. The topological polar surface area (TPSA) is 38.3 Å². The first kappa shape index (κ1) is 15.8. The Labute approximate surface area is 121 Å². The maximum atomic E-state index is 12.9. The molecule has 1 N–H and O–H groups in total. The third-order valence-electron chi connectivity index (χ3n) is 3.46. The number of hydrogen-bond donors (Lipinski definition) is 1. The second-order valence-electron chi connectivity index (χ2n) is 5.27. The molecule has 1 aromatic carbocycles. The normalized spacial score (nSPS) is 20.3. The molecule has 0 saturated carbocycles. The van der Waals surface area contributed by atoms with Gasteiger partial charge in [0.1, 0.15) is 6.10 Å². The lowest BCUT2D eigenvalue weighted by atomic mass is 10.0. The molecule has 0 unspecified atom stereocenters. The summed E-state index contributed by atoms with van der Waals surface area (Å²) < 4.78 is 44.0. The number of amides is 1. The molecule has 2 rings (SSSR count). The van der Waals surface area contributed by atoms with Crippen LogP contribution in [-0.2, 0) is 22.1 Å². The van der Waals surface area contributed by atoms with Crippen molar-refractivity contribution in [2.45, 2.75) is 44.5 Å². The molecule has 0 radical (unpaired) electrons. The van der Waals surface area contributed by atoms with E-state index in [-0.39, 0.29) is 23.9 Å². The van der Waals surface area contributed by atoms with E-state index in [1.54, 1.807) is 13.0 Å². The predicted octanol–water partition coefficient (Wildman–Crippen LogP) is 2.93. The molecule has 0 bridgehead atoms. The summed E-state index contributed by atoms with van der Waals surface area (Å²) in [7, 11) is 0. The average Bonchev–Trinajstić information content (AvgIpc) is 2.91. The third kappa shape index (κ3) is 4.20. The van der Waals surface area contributed by atoms with Crippen LogP contribution in [0.4, 0.5) is 13.2 Å². The van der Waals surface area contributed by atoms with Crippen LogP contribution < -0.4 is 5.32 Å². The lowest BCUT2D eigenvalue weighted by Crippen LogP contribution is -2.40. The summed E-state index contributed by atoms with van der Waals surface area (Å²) in [4.78, 5) is 11.9. The highest BCUT2D eigenvalue weighted by molar-refractivity contribution is 5.81. The van der Waals surface area contributed by atoms with E-state index in [4.69, 9.17) is 4.74 Å². The standard InChI is InChI=1S/C15H18F3NO2/c1-10(19-14(20)13-7-4-8-21-13)9-11-5-2-3-6-12(11)15(16,17)18/h2-3,5-6,10,13H,4,7-9H2,1H3,(H,19,20)/t10-,13-/m1/s1. The number of halogens is 3. The van der Waals surface area contributed by atoms with Crippen LogP contribution in [0.2, 0.25) is 0 Å². The van der Waals surface area contributed by atoms with Gasteiger partial charge in [-0.05, 0) is 37.8 Å². The molecule has 1 amide bonds. The van der Waals surface area contributed by atoms with E-state index in [1.165, 1.54) is 12.1 Å². The van der Waals surface area contributed by atoms with Gasteiger partial charge < -0.3 is 10.1 Å². The maximum Gasteiger partial charge on any atom is 0.416 e. The molecule has 1 heterocycles. The van der Waals surface area contributed by atoms with Crippen molar-refractivity contribution < 1.29 is 22.7 Å². The van der Waals surface area contributed by atoms with Gasteiger partial charge in [-0.15, -0.1) is 0 Å². The van der Waals surface area contributed by atoms with Gasteiger partial charge >= 0.3 is 6.18 Å². The Morgan fingerprint density at radius 3 is 2.76 bits per heavy atom. The number of nitrogens with one attached hydrogen (secondary N) is 1. The van der Waals surface area contributed by atoms with Crippen LogP contribution in [0, 0.1) is 0 Å². The monoisotopic (exact) mass is 301 g/mol. The SMILES string of the molecule is C[C@H](Cc1ccccc1C(F)(F)F)NC(=O)[C@H]1CCCO1. The first-order chi connectivity index (χ1) is 9.88. The van der Waals surface area contributed by atoms with Gasteiger partial charge in [0.2, 0.25) is 5.91 Å². The number of benzene rings is 1. The Bertz CT molecular complexity index is 496. The number of alkyl halides is 3. The highest BCUT2D eigenvalue weighted by Gasteiger charge is 2.33. The number of ether oxygens (including phenoxy) is 1. The molecule has 1 aliphatic heterocycles. The summed E-state index contributed by atoms with van der Waals surface area (Å²) >= 11 is 0. The van der Waals surface area contributed by atoms with Gasteiger partial charge in [-0.3, -0.25) is 4.79 Å². The van der Waals surface area contributed by atoms with Gasteiger partial charge in [0.15, 0.2) is 0 Å². The molecular formula is C15H18F3NO2. The second kappa shape index (κ2) is 6.47. The quantitative estimate of drug-likeness (QED) is 0.928. The van der Waals surface area contributed by atoms with E-state index < -0.39 is 17.8 Å². The molecule has 1 aromatic rings. The Morgan fingerprint density at radius 2 is 2.14 bits per heavy atom. The Hall–Kier alpha value is -1.56. The van der Waals surface area contributed by atoms with Crippen molar-refractivity contribution in [2.75, 3.05) is 6.61 Å². The number of rotatable bonds is 4. The lowest BCUT2D eigenvalue weighted by Gasteiger charge is -2.19. The summed E-state index contributed by atoms with van der Waals surface area (Å²) in [6.45, 7) is 2.25. The molecule has 2 atom stereocenters. The number of carbonyl (C=O) groups excluding carboxylic acids is 1. The van der Waals surface area contributed by atoms with Crippen molar-refractivity contribution in [1.82, 2.24) is 5.32 Å². The third-order valence-corrected chi connectivity index (χ3v) is 3.46. The Balaban J connectivity index is 1.99. The molecule has 3 nitrogen and oxygen atoms in total. The summed E-state index contributed by atoms with van der Waals surface area (Å²) in [6, 6.07) is 5.05. The van der Waals surface area contributed by atoms with E-state index in [0.717, 1.165) is 12.5 Å².